The Kier molecular flexibility index (Phi) is 2.41. The first kappa shape index (κ1) is 10.7. The fourth-order valence-electron chi connectivity index (χ4n) is 1.89. The zero-order valence-corrected chi connectivity index (χ0v) is 9.01. The van der Waals surface area contributed by atoms with Gasteiger partial charge < -0.3 is 9.52 Å². The monoisotopic (exact) mass is 224 g/mol. The second-order valence-electron chi connectivity index (χ2n) is 3.91. The Bertz CT molecular complexity index is 440. The number of hydrogen-bond acceptors (Lipinski definition) is 4. The van der Waals surface area contributed by atoms with Gasteiger partial charge in [0.1, 0.15) is 5.76 Å². The average molecular weight is 224 g/mol. The molecule has 1 amide bonds. The van der Waals surface area contributed by atoms with Crippen LogP contribution in [-0.2, 0) is 9.59 Å². The van der Waals surface area contributed by atoms with E-state index in [2.05, 4.69) is 4.98 Å². The number of rotatable bonds is 2. The summed E-state index contributed by atoms with van der Waals surface area (Å²) in [6.45, 7) is 3.40. The Morgan fingerprint density at radius 1 is 1.69 bits per heavy atom. The second kappa shape index (κ2) is 3.62. The van der Waals surface area contributed by atoms with Gasteiger partial charge in [0.25, 0.3) is 0 Å². The second-order valence-corrected chi connectivity index (χ2v) is 3.91. The number of aromatic nitrogens is 1. The van der Waals surface area contributed by atoms with Gasteiger partial charge in [0.15, 0.2) is 0 Å². The summed E-state index contributed by atoms with van der Waals surface area (Å²) in [6, 6.07) is -0.248. The van der Waals surface area contributed by atoms with E-state index >= 15 is 0 Å². The molecule has 1 fully saturated rings. The number of oxazole rings is 1. The van der Waals surface area contributed by atoms with Crippen LogP contribution in [0.15, 0.2) is 10.6 Å². The molecule has 0 unspecified atom stereocenters. The number of carbonyl (C=O) groups excluding carboxylic acids is 1. The van der Waals surface area contributed by atoms with Crippen LogP contribution in [0, 0.1) is 12.8 Å². The van der Waals surface area contributed by atoms with Crippen molar-refractivity contribution in [3.63, 3.8) is 0 Å². The summed E-state index contributed by atoms with van der Waals surface area (Å²) >= 11 is 0. The molecular weight excluding hydrogens is 212 g/mol. The number of carboxylic acid groups (broad SMARTS) is 1. The molecule has 1 saturated heterocycles. The van der Waals surface area contributed by atoms with E-state index in [-0.39, 0.29) is 18.3 Å². The van der Waals surface area contributed by atoms with Crippen molar-refractivity contribution in [1.29, 1.82) is 0 Å². The molecule has 16 heavy (non-hydrogen) atoms. The van der Waals surface area contributed by atoms with E-state index in [0.717, 1.165) is 0 Å². The molecule has 2 rings (SSSR count). The maximum atomic E-state index is 11.7. The molecule has 1 aromatic rings. The van der Waals surface area contributed by atoms with Crippen molar-refractivity contribution in [3.05, 3.63) is 12.0 Å². The third-order valence-electron chi connectivity index (χ3n) is 2.79. The van der Waals surface area contributed by atoms with Gasteiger partial charge in [-0.2, -0.15) is 0 Å². The van der Waals surface area contributed by atoms with Crippen molar-refractivity contribution in [2.24, 2.45) is 5.92 Å². The van der Waals surface area contributed by atoms with Crippen molar-refractivity contribution in [2.45, 2.75) is 26.3 Å². The molecule has 0 bridgehead atoms. The van der Waals surface area contributed by atoms with Crippen LogP contribution >= 0.6 is 0 Å². The summed E-state index contributed by atoms with van der Waals surface area (Å²) in [5.41, 5.74) is 0. The Balaban J connectivity index is 2.29. The van der Waals surface area contributed by atoms with E-state index in [9.17, 15) is 9.59 Å². The van der Waals surface area contributed by atoms with Crippen LogP contribution < -0.4 is 4.90 Å². The van der Waals surface area contributed by atoms with Gasteiger partial charge in [-0.25, -0.2) is 4.98 Å². The van der Waals surface area contributed by atoms with Crippen molar-refractivity contribution in [3.8, 4) is 0 Å². The van der Waals surface area contributed by atoms with E-state index in [1.165, 1.54) is 11.1 Å². The molecule has 0 radical (unpaired) electrons. The minimum absolute atomic E-state index is 0.00206. The van der Waals surface area contributed by atoms with Gasteiger partial charge in [0.2, 0.25) is 5.91 Å². The number of anilines is 1. The first-order chi connectivity index (χ1) is 7.50. The average Bonchev–Trinajstić information content (AvgIpc) is 2.71. The van der Waals surface area contributed by atoms with Crippen LogP contribution in [0.1, 0.15) is 19.1 Å². The molecule has 86 valence electrons. The van der Waals surface area contributed by atoms with E-state index in [0.29, 0.717) is 5.76 Å². The topological polar surface area (TPSA) is 83.6 Å². The number of nitrogens with zero attached hydrogens (tertiary/aromatic N) is 2. The Morgan fingerprint density at radius 3 is 2.81 bits per heavy atom. The predicted molar refractivity (Wildman–Crippen MR) is 53.9 cm³/mol. The molecular formula is C10H12N2O4. The van der Waals surface area contributed by atoms with Gasteiger partial charge in [-0.05, 0) is 13.8 Å². The fourth-order valence-corrected chi connectivity index (χ4v) is 1.89. The van der Waals surface area contributed by atoms with Crippen LogP contribution in [0.5, 0.6) is 0 Å². The number of carboxylic acids is 1. The number of amides is 1. The zero-order valence-electron chi connectivity index (χ0n) is 9.01. The molecule has 0 aliphatic carbocycles. The smallest absolute Gasteiger partial charge is 0.309 e. The lowest BCUT2D eigenvalue weighted by Crippen LogP contribution is -2.35. The largest absolute Gasteiger partial charge is 0.481 e. The first-order valence-electron chi connectivity index (χ1n) is 4.98. The minimum atomic E-state index is -0.966. The van der Waals surface area contributed by atoms with Gasteiger partial charge in [0.05, 0.1) is 18.2 Å². The number of aliphatic carboxylic acids is 1. The molecule has 1 N–H and O–H groups in total. The molecule has 6 heteroatoms. The van der Waals surface area contributed by atoms with Crippen LogP contribution in [0.2, 0.25) is 0 Å². The van der Waals surface area contributed by atoms with Gasteiger partial charge in [-0.15, -0.1) is 0 Å². The number of hydrogen-bond donors (Lipinski definition) is 1. The summed E-state index contributed by atoms with van der Waals surface area (Å²) < 4.78 is 5.24. The fraction of sp³-hybridized carbons (Fsp3) is 0.500. The molecule has 1 aliphatic rings. The number of aryl methyl sites for hydroxylation is 1. The minimum Gasteiger partial charge on any atom is -0.481 e. The lowest BCUT2D eigenvalue weighted by molar-refractivity contribution is -0.142. The van der Waals surface area contributed by atoms with Crippen LogP contribution in [0.4, 0.5) is 6.01 Å². The van der Waals surface area contributed by atoms with Crippen molar-refractivity contribution in [2.75, 3.05) is 4.90 Å². The molecule has 0 saturated carbocycles. The molecule has 2 heterocycles. The first-order valence-corrected chi connectivity index (χ1v) is 4.98. The summed E-state index contributed by atoms with van der Waals surface area (Å²) in [5.74, 6) is -1.33. The zero-order chi connectivity index (χ0) is 11.9. The van der Waals surface area contributed by atoms with Gasteiger partial charge >= 0.3 is 12.0 Å². The maximum absolute atomic E-state index is 11.7. The van der Waals surface area contributed by atoms with E-state index in [1.54, 1.807) is 13.8 Å². The van der Waals surface area contributed by atoms with Gasteiger partial charge in [0, 0.05) is 6.42 Å². The van der Waals surface area contributed by atoms with Crippen molar-refractivity contribution >= 4 is 17.9 Å². The third-order valence-corrected chi connectivity index (χ3v) is 2.79. The molecule has 2 atom stereocenters. The Labute approximate surface area is 91.9 Å². The molecule has 1 aliphatic heterocycles. The highest BCUT2D eigenvalue weighted by Gasteiger charge is 2.43. The normalized spacial score (nSPS) is 25.1. The summed E-state index contributed by atoms with van der Waals surface area (Å²) in [4.78, 5) is 27.8. The van der Waals surface area contributed by atoms with Crippen LogP contribution in [0.25, 0.3) is 0 Å². The predicted octanol–water partition coefficient (Wildman–Crippen LogP) is 0.809. The number of carbonyl (C=O) groups is 2. The van der Waals surface area contributed by atoms with Gasteiger partial charge in [-0.1, -0.05) is 0 Å². The van der Waals surface area contributed by atoms with E-state index in [4.69, 9.17) is 9.52 Å². The maximum Gasteiger partial charge on any atom is 0.309 e. The molecule has 0 aromatic carbocycles. The Morgan fingerprint density at radius 2 is 2.38 bits per heavy atom. The summed E-state index contributed by atoms with van der Waals surface area (Å²) in [6.07, 6.45) is 1.50. The van der Waals surface area contributed by atoms with E-state index in [1.807, 2.05) is 0 Å². The lowest BCUT2D eigenvalue weighted by Gasteiger charge is -2.18. The van der Waals surface area contributed by atoms with Crippen LogP contribution in [0.3, 0.4) is 0 Å². The lowest BCUT2D eigenvalue weighted by atomic mass is 10.0. The highest BCUT2D eigenvalue weighted by atomic mass is 16.4. The van der Waals surface area contributed by atoms with Crippen molar-refractivity contribution in [1.82, 2.24) is 4.98 Å². The third kappa shape index (κ3) is 1.56. The molecule has 1 aromatic heterocycles. The van der Waals surface area contributed by atoms with Crippen LogP contribution in [-0.4, -0.2) is 28.0 Å². The quantitative estimate of drug-likeness (QED) is 0.803. The summed E-state index contributed by atoms with van der Waals surface area (Å²) in [7, 11) is 0. The highest BCUT2D eigenvalue weighted by molar-refractivity contribution is 5.98. The standard InChI is InChI=1S/C10H12N2O4/c1-5-4-11-10(16-5)12-6(2)7(9(14)15)3-8(12)13/h4,6-7H,3H2,1-2H3,(H,14,15)/t6-,7+/m1/s1. The highest BCUT2D eigenvalue weighted by Crippen LogP contribution is 2.30. The molecule has 0 spiro atoms. The Hall–Kier alpha value is -1.85. The molecule has 6 nitrogen and oxygen atoms in total. The van der Waals surface area contributed by atoms with E-state index < -0.39 is 17.9 Å². The SMILES string of the molecule is Cc1cnc(N2C(=O)C[C@H](C(=O)O)[C@H]2C)o1. The van der Waals surface area contributed by atoms with Gasteiger partial charge in [-0.3, -0.25) is 14.5 Å². The summed E-state index contributed by atoms with van der Waals surface area (Å²) in [5, 5.41) is 8.94. The van der Waals surface area contributed by atoms with Crippen molar-refractivity contribution < 1.29 is 19.1 Å².